The van der Waals surface area contributed by atoms with E-state index in [1.807, 2.05) is 30.3 Å². The second kappa shape index (κ2) is 10.5. The fraction of sp³-hybridized carbons (Fsp3) is 0.167. The Bertz CT molecular complexity index is 1060. The van der Waals surface area contributed by atoms with E-state index in [-0.39, 0.29) is 5.91 Å². The van der Waals surface area contributed by atoms with E-state index in [1.54, 1.807) is 57.5 Å². The Hall–Kier alpha value is -3.51. The first-order chi connectivity index (χ1) is 15.0. The molecule has 3 aromatic rings. The zero-order valence-electron chi connectivity index (χ0n) is 17.5. The van der Waals surface area contributed by atoms with Crippen molar-refractivity contribution >= 4 is 23.2 Å². The van der Waals surface area contributed by atoms with Crippen molar-refractivity contribution in [3.8, 4) is 17.2 Å². The average molecular weight is 439 g/mol. The summed E-state index contributed by atoms with van der Waals surface area (Å²) in [7, 11) is 3.14. The topological polar surface area (TPSA) is 69.2 Å². The third-order valence-electron chi connectivity index (χ3n) is 4.56. The fourth-order valence-electron chi connectivity index (χ4n) is 2.77. The third-order valence-corrected chi connectivity index (χ3v) is 4.81. The standard InChI is InChI=1S/C24H23ClN2O4/c1-16(19-8-13-22(29-2)23(14-19)30-3)26-27-24(28)18-6-11-21(12-7-18)31-15-17-4-9-20(25)10-5-17/h4-14H,15H2,1-3H3,(H,27,28)/b26-16+. The minimum Gasteiger partial charge on any atom is -0.493 e. The van der Waals surface area contributed by atoms with Gasteiger partial charge in [-0.3, -0.25) is 4.79 Å². The van der Waals surface area contributed by atoms with Gasteiger partial charge in [0.15, 0.2) is 11.5 Å². The lowest BCUT2D eigenvalue weighted by Crippen LogP contribution is -2.19. The third kappa shape index (κ3) is 5.99. The van der Waals surface area contributed by atoms with Crippen molar-refractivity contribution in [2.24, 2.45) is 5.10 Å². The summed E-state index contributed by atoms with van der Waals surface area (Å²) in [6.45, 7) is 2.22. The first-order valence-corrected chi connectivity index (χ1v) is 9.92. The molecule has 0 spiro atoms. The zero-order valence-corrected chi connectivity index (χ0v) is 18.3. The molecule has 0 saturated carbocycles. The zero-order chi connectivity index (χ0) is 22.2. The van der Waals surface area contributed by atoms with Gasteiger partial charge in [0.25, 0.3) is 5.91 Å². The molecule has 0 saturated heterocycles. The molecule has 1 N–H and O–H groups in total. The number of nitrogens with zero attached hydrogens (tertiary/aromatic N) is 1. The maximum atomic E-state index is 12.4. The number of hydrogen-bond donors (Lipinski definition) is 1. The summed E-state index contributed by atoms with van der Waals surface area (Å²) >= 11 is 5.88. The summed E-state index contributed by atoms with van der Waals surface area (Å²) in [5.74, 6) is 1.57. The Kier molecular flexibility index (Phi) is 7.51. The molecule has 0 aromatic heterocycles. The maximum absolute atomic E-state index is 12.4. The summed E-state index contributed by atoms with van der Waals surface area (Å²) in [5, 5.41) is 4.87. The molecule has 0 aliphatic carbocycles. The molecule has 0 aliphatic rings. The maximum Gasteiger partial charge on any atom is 0.271 e. The van der Waals surface area contributed by atoms with Crippen molar-refractivity contribution in [1.82, 2.24) is 5.43 Å². The van der Waals surface area contributed by atoms with Gasteiger partial charge >= 0.3 is 0 Å². The van der Waals surface area contributed by atoms with E-state index in [0.717, 1.165) is 11.1 Å². The SMILES string of the molecule is COc1ccc(/C(C)=N/NC(=O)c2ccc(OCc3ccc(Cl)cc3)cc2)cc1OC. The quantitative estimate of drug-likeness (QED) is 0.393. The van der Waals surface area contributed by atoms with Gasteiger partial charge in [-0.1, -0.05) is 23.7 Å². The number of hydrogen-bond acceptors (Lipinski definition) is 5. The van der Waals surface area contributed by atoms with Crippen LogP contribution in [0.25, 0.3) is 0 Å². The molecule has 0 aliphatic heterocycles. The molecule has 0 heterocycles. The lowest BCUT2D eigenvalue weighted by Gasteiger charge is -2.10. The van der Waals surface area contributed by atoms with Crippen LogP contribution in [0.5, 0.6) is 17.2 Å². The normalized spacial score (nSPS) is 11.0. The number of nitrogens with one attached hydrogen (secondary N) is 1. The van der Waals surface area contributed by atoms with Gasteiger partial charge in [-0.2, -0.15) is 5.10 Å². The molecule has 7 heteroatoms. The lowest BCUT2D eigenvalue weighted by molar-refractivity contribution is 0.0955. The lowest BCUT2D eigenvalue weighted by atomic mass is 10.1. The van der Waals surface area contributed by atoms with E-state index in [9.17, 15) is 4.79 Å². The van der Waals surface area contributed by atoms with Crippen LogP contribution in [-0.4, -0.2) is 25.8 Å². The van der Waals surface area contributed by atoms with Gasteiger partial charge in [-0.25, -0.2) is 5.43 Å². The van der Waals surface area contributed by atoms with E-state index < -0.39 is 0 Å². The van der Waals surface area contributed by atoms with Crippen molar-refractivity contribution in [3.05, 3.63) is 88.4 Å². The fourth-order valence-corrected chi connectivity index (χ4v) is 2.90. The van der Waals surface area contributed by atoms with Crippen LogP contribution in [0.2, 0.25) is 5.02 Å². The molecule has 1 amide bonds. The number of amides is 1. The predicted molar refractivity (Wildman–Crippen MR) is 121 cm³/mol. The number of rotatable bonds is 8. The minimum absolute atomic E-state index is 0.316. The number of hydrazone groups is 1. The van der Waals surface area contributed by atoms with Crippen LogP contribution in [0.15, 0.2) is 71.8 Å². The smallest absolute Gasteiger partial charge is 0.271 e. The van der Waals surface area contributed by atoms with Crippen molar-refractivity contribution in [1.29, 1.82) is 0 Å². The molecule has 0 bridgehead atoms. The molecule has 160 valence electrons. The van der Waals surface area contributed by atoms with Crippen molar-refractivity contribution < 1.29 is 19.0 Å². The van der Waals surface area contributed by atoms with Crippen LogP contribution >= 0.6 is 11.6 Å². The Balaban J connectivity index is 1.59. The van der Waals surface area contributed by atoms with Crippen LogP contribution in [0.1, 0.15) is 28.4 Å². The van der Waals surface area contributed by atoms with Crippen molar-refractivity contribution in [3.63, 3.8) is 0 Å². The highest BCUT2D eigenvalue weighted by Crippen LogP contribution is 2.27. The predicted octanol–water partition coefficient (Wildman–Crippen LogP) is 5.09. The molecule has 0 radical (unpaired) electrons. The average Bonchev–Trinajstić information content (AvgIpc) is 2.81. The van der Waals surface area contributed by atoms with E-state index >= 15 is 0 Å². The summed E-state index contributed by atoms with van der Waals surface area (Å²) in [4.78, 5) is 12.4. The Morgan fingerprint density at radius 2 is 1.55 bits per heavy atom. The molecule has 6 nitrogen and oxygen atoms in total. The first kappa shape index (κ1) is 22.2. The minimum atomic E-state index is -0.316. The van der Waals surface area contributed by atoms with Crippen LogP contribution in [-0.2, 0) is 6.61 Å². The van der Waals surface area contributed by atoms with Gasteiger partial charge in [0.2, 0.25) is 0 Å². The van der Waals surface area contributed by atoms with E-state index in [1.165, 1.54) is 0 Å². The number of ether oxygens (including phenoxy) is 3. The highest BCUT2D eigenvalue weighted by Gasteiger charge is 2.08. The van der Waals surface area contributed by atoms with Crippen molar-refractivity contribution in [2.45, 2.75) is 13.5 Å². The van der Waals surface area contributed by atoms with E-state index in [0.29, 0.717) is 40.2 Å². The largest absolute Gasteiger partial charge is 0.493 e. The molecular weight excluding hydrogens is 416 g/mol. The Morgan fingerprint density at radius 1 is 0.903 bits per heavy atom. The van der Waals surface area contributed by atoms with Gasteiger partial charge in [-0.05, 0) is 67.1 Å². The molecule has 0 fully saturated rings. The number of carbonyl (C=O) groups excluding carboxylic acids is 1. The van der Waals surface area contributed by atoms with E-state index in [4.69, 9.17) is 25.8 Å². The molecule has 0 unspecified atom stereocenters. The number of methoxy groups -OCH3 is 2. The highest BCUT2D eigenvalue weighted by atomic mass is 35.5. The molecule has 31 heavy (non-hydrogen) atoms. The number of halogens is 1. The van der Waals surface area contributed by atoms with Crippen LogP contribution in [0, 0.1) is 0 Å². The summed E-state index contributed by atoms with van der Waals surface area (Å²) < 4.78 is 16.3. The number of carbonyl (C=O) groups is 1. The van der Waals surface area contributed by atoms with Crippen LogP contribution < -0.4 is 19.6 Å². The Labute approximate surface area is 186 Å². The second-order valence-electron chi connectivity index (χ2n) is 6.65. The number of benzene rings is 3. The molecule has 3 aromatic carbocycles. The second-order valence-corrected chi connectivity index (χ2v) is 7.08. The van der Waals surface area contributed by atoms with Crippen LogP contribution in [0.3, 0.4) is 0 Å². The monoisotopic (exact) mass is 438 g/mol. The van der Waals surface area contributed by atoms with Gasteiger partial charge < -0.3 is 14.2 Å². The van der Waals surface area contributed by atoms with Gasteiger partial charge in [0.1, 0.15) is 12.4 Å². The summed E-state index contributed by atoms with van der Waals surface area (Å²) in [6, 6.07) is 19.8. The van der Waals surface area contributed by atoms with Gasteiger partial charge in [0, 0.05) is 16.1 Å². The molecule has 3 rings (SSSR count). The van der Waals surface area contributed by atoms with Gasteiger partial charge in [-0.15, -0.1) is 0 Å². The molecule has 0 atom stereocenters. The van der Waals surface area contributed by atoms with Gasteiger partial charge in [0.05, 0.1) is 19.9 Å². The Morgan fingerprint density at radius 3 is 2.19 bits per heavy atom. The molecular formula is C24H23ClN2O4. The van der Waals surface area contributed by atoms with Crippen LogP contribution in [0.4, 0.5) is 0 Å². The summed E-state index contributed by atoms with van der Waals surface area (Å²) in [5.41, 5.74) is 5.50. The van der Waals surface area contributed by atoms with E-state index in [2.05, 4.69) is 10.5 Å². The summed E-state index contributed by atoms with van der Waals surface area (Å²) in [6.07, 6.45) is 0. The highest BCUT2D eigenvalue weighted by molar-refractivity contribution is 6.30. The van der Waals surface area contributed by atoms with Crippen molar-refractivity contribution in [2.75, 3.05) is 14.2 Å². The first-order valence-electron chi connectivity index (χ1n) is 9.54.